The number of rotatable bonds is 6. The Morgan fingerprint density at radius 2 is 2.23 bits per heavy atom. The van der Waals surface area contributed by atoms with Crippen LogP contribution in [0.2, 0.25) is 0 Å². The highest BCUT2D eigenvalue weighted by Crippen LogP contribution is 2.31. The Morgan fingerprint density at radius 3 is 2.86 bits per heavy atom. The van der Waals surface area contributed by atoms with E-state index in [0.29, 0.717) is 5.16 Å². The van der Waals surface area contributed by atoms with E-state index in [4.69, 9.17) is 0 Å². The minimum atomic E-state index is -0.288. The van der Waals surface area contributed by atoms with E-state index in [2.05, 4.69) is 10.3 Å². The molecule has 2 N–H and O–H groups in total. The van der Waals surface area contributed by atoms with E-state index in [1.54, 1.807) is 4.57 Å². The maximum absolute atomic E-state index is 12.2. The third-order valence-corrected chi connectivity index (χ3v) is 4.90. The van der Waals surface area contributed by atoms with Crippen molar-refractivity contribution in [3.63, 3.8) is 0 Å². The van der Waals surface area contributed by atoms with E-state index in [1.807, 2.05) is 13.8 Å². The van der Waals surface area contributed by atoms with E-state index in [1.165, 1.54) is 11.8 Å². The van der Waals surface area contributed by atoms with Crippen molar-refractivity contribution in [2.45, 2.75) is 63.2 Å². The van der Waals surface area contributed by atoms with Crippen molar-refractivity contribution in [1.82, 2.24) is 14.9 Å². The fraction of sp³-hybridized carbons (Fsp3) is 0.667. The van der Waals surface area contributed by atoms with Crippen LogP contribution in [-0.2, 0) is 4.79 Å². The van der Waals surface area contributed by atoms with Gasteiger partial charge in [-0.15, -0.1) is 0 Å². The molecular weight excluding hydrogens is 302 g/mol. The van der Waals surface area contributed by atoms with Crippen LogP contribution in [0.15, 0.2) is 16.0 Å². The number of nitrogens with one attached hydrogen (secondary N) is 1. The molecule has 0 spiro atoms. The summed E-state index contributed by atoms with van der Waals surface area (Å²) in [5.74, 6) is -0.188. The van der Waals surface area contributed by atoms with Gasteiger partial charge in [0.2, 0.25) is 11.8 Å². The maximum atomic E-state index is 12.2. The van der Waals surface area contributed by atoms with Gasteiger partial charge in [-0.1, -0.05) is 31.5 Å². The van der Waals surface area contributed by atoms with Gasteiger partial charge in [0.1, 0.15) is 0 Å². The van der Waals surface area contributed by atoms with Crippen LogP contribution in [0.1, 0.15) is 52.0 Å². The summed E-state index contributed by atoms with van der Waals surface area (Å²) in [7, 11) is 0. The van der Waals surface area contributed by atoms with Crippen molar-refractivity contribution in [1.29, 1.82) is 0 Å². The van der Waals surface area contributed by atoms with Crippen LogP contribution in [0.25, 0.3) is 0 Å². The number of hydrogen-bond acceptors (Lipinski definition) is 5. The standard InChI is InChI=1S/C15H23N3O3S/c1-3-10(2)16-13(20)9-22-15-17-12(19)8-14(21)18(15)11-6-4-5-7-11/h8,10-11,19H,3-7,9H2,1-2H3,(H,16,20). The molecule has 1 atom stereocenters. The zero-order chi connectivity index (χ0) is 16.1. The molecule has 1 aromatic rings. The Bertz CT molecular complexity index is 582. The molecular formula is C15H23N3O3S. The summed E-state index contributed by atoms with van der Waals surface area (Å²) in [6.07, 6.45) is 4.94. The van der Waals surface area contributed by atoms with Crippen LogP contribution >= 0.6 is 11.8 Å². The lowest BCUT2D eigenvalue weighted by molar-refractivity contribution is -0.119. The van der Waals surface area contributed by atoms with Gasteiger partial charge in [-0.3, -0.25) is 14.2 Å². The van der Waals surface area contributed by atoms with E-state index in [-0.39, 0.29) is 35.2 Å². The number of nitrogens with zero attached hydrogens (tertiary/aromatic N) is 2. The van der Waals surface area contributed by atoms with Crippen LogP contribution in [0, 0.1) is 0 Å². The quantitative estimate of drug-likeness (QED) is 0.618. The fourth-order valence-electron chi connectivity index (χ4n) is 2.61. The first-order chi connectivity index (χ1) is 10.5. The van der Waals surface area contributed by atoms with Gasteiger partial charge in [0.05, 0.1) is 11.8 Å². The van der Waals surface area contributed by atoms with Crippen LogP contribution in [0.3, 0.4) is 0 Å². The maximum Gasteiger partial charge on any atom is 0.258 e. The van der Waals surface area contributed by atoms with Gasteiger partial charge in [-0.2, -0.15) is 4.98 Å². The minimum absolute atomic E-state index is 0.0880. The molecule has 2 rings (SSSR count). The highest BCUT2D eigenvalue weighted by molar-refractivity contribution is 7.99. The molecule has 22 heavy (non-hydrogen) atoms. The molecule has 0 saturated heterocycles. The van der Waals surface area contributed by atoms with Crippen molar-refractivity contribution < 1.29 is 9.90 Å². The van der Waals surface area contributed by atoms with Gasteiger partial charge in [0.15, 0.2) is 5.16 Å². The normalized spacial score (nSPS) is 16.6. The van der Waals surface area contributed by atoms with Crippen LogP contribution < -0.4 is 10.9 Å². The largest absolute Gasteiger partial charge is 0.493 e. The van der Waals surface area contributed by atoms with Crippen molar-refractivity contribution in [3.05, 3.63) is 16.4 Å². The summed E-state index contributed by atoms with van der Waals surface area (Å²) in [5, 5.41) is 12.9. The molecule has 1 heterocycles. The van der Waals surface area contributed by atoms with E-state index >= 15 is 0 Å². The lowest BCUT2D eigenvalue weighted by atomic mass is 10.2. The number of amides is 1. The molecule has 1 saturated carbocycles. The molecule has 1 fully saturated rings. The second-order valence-corrected chi connectivity index (χ2v) is 6.65. The van der Waals surface area contributed by atoms with Crippen molar-refractivity contribution in [2.75, 3.05) is 5.75 Å². The Hall–Kier alpha value is -1.50. The third kappa shape index (κ3) is 4.25. The average Bonchev–Trinajstić information content (AvgIpc) is 2.98. The number of aromatic nitrogens is 2. The predicted octanol–water partition coefficient (Wildman–Crippen LogP) is 2.07. The summed E-state index contributed by atoms with van der Waals surface area (Å²) < 4.78 is 1.63. The second kappa shape index (κ2) is 7.67. The van der Waals surface area contributed by atoms with Gasteiger partial charge in [-0.05, 0) is 26.2 Å². The van der Waals surface area contributed by atoms with Gasteiger partial charge in [-0.25, -0.2) is 0 Å². The molecule has 0 aromatic carbocycles. The number of hydrogen-bond donors (Lipinski definition) is 2. The molecule has 1 amide bonds. The first kappa shape index (κ1) is 16.9. The first-order valence-electron chi connectivity index (χ1n) is 7.76. The topological polar surface area (TPSA) is 84.2 Å². The van der Waals surface area contributed by atoms with E-state index in [0.717, 1.165) is 38.2 Å². The van der Waals surface area contributed by atoms with Gasteiger partial charge in [0.25, 0.3) is 5.56 Å². The SMILES string of the molecule is CCC(C)NC(=O)CSc1nc(O)cc(=O)n1C1CCCC1. The van der Waals surface area contributed by atoms with Crippen LogP contribution in [0.4, 0.5) is 0 Å². The Kier molecular flexibility index (Phi) is 5.88. The molecule has 0 aliphatic heterocycles. The van der Waals surface area contributed by atoms with E-state index < -0.39 is 0 Å². The molecule has 6 nitrogen and oxygen atoms in total. The Balaban J connectivity index is 2.12. The van der Waals surface area contributed by atoms with Crippen LogP contribution in [0.5, 0.6) is 5.88 Å². The summed E-state index contributed by atoms with van der Waals surface area (Å²) in [6, 6.07) is 1.39. The highest BCUT2D eigenvalue weighted by Gasteiger charge is 2.22. The minimum Gasteiger partial charge on any atom is -0.493 e. The highest BCUT2D eigenvalue weighted by atomic mass is 32.2. The average molecular weight is 325 g/mol. The zero-order valence-electron chi connectivity index (χ0n) is 13.0. The van der Waals surface area contributed by atoms with Crippen molar-refractivity contribution in [2.24, 2.45) is 0 Å². The molecule has 1 unspecified atom stereocenters. The van der Waals surface area contributed by atoms with Crippen molar-refractivity contribution in [3.8, 4) is 5.88 Å². The lowest BCUT2D eigenvalue weighted by Gasteiger charge is -2.17. The Morgan fingerprint density at radius 1 is 1.55 bits per heavy atom. The molecule has 7 heteroatoms. The smallest absolute Gasteiger partial charge is 0.258 e. The first-order valence-corrected chi connectivity index (χ1v) is 8.74. The molecule has 1 aliphatic rings. The lowest BCUT2D eigenvalue weighted by Crippen LogP contribution is -2.33. The number of carbonyl (C=O) groups is 1. The summed E-state index contributed by atoms with van der Waals surface area (Å²) >= 11 is 1.20. The molecule has 1 aromatic heterocycles. The van der Waals surface area contributed by atoms with Gasteiger partial charge < -0.3 is 10.4 Å². The second-order valence-electron chi connectivity index (χ2n) is 5.71. The summed E-state index contributed by atoms with van der Waals surface area (Å²) in [5.41, 5.74) is -0.246. The van der Waals surface area contributed by atoms with Crippen LogP contribution in [-0.4, -0.2) is 32.4 Å². The summed E-state index contributed by atoms with van der Waals surface area (Å²) in [6.45, 7) is 3.95. The summed E-state index contributed by atoms with van der Waals surface area (Å²) in [4.78, 5) is 28.1. The fourth-order valence-corrected chi connectivity index (χ4v) is 3.49. The van der Waals surface area contributed by atoms with Gasteiger partial charge in [0, 0.05) is 12.1 Å². The number of aromatic hydroxyl groups is 1. The molecule has 122 valence electrons. The third-order valence-electron chi connectivity index (χ3n) is 3.95. The molecule has 1 aliphatic carbocycles. The van der Waals surface area contributed by atoms with Gasteiger partial charge >= 0.3 is 0 Å². The monoisotopic (exact) mass is 325 g/mol. The molecule has 0 bridgehead atoms. The number of thioether (sulfide) groups is 1. The van der Waals surface area contributed by atoms with Crippen molar-refractivity contribution >= 4 is 17.7 Å². The predicted molar refractivity (Wildman–Crippen MR) is 86.3 cm³/mol. The zero-order valence-corrected chi connectivity index (χ0v) is 13.9. The number of carbonyl (C=O) groups excluding carboxylic acids is 1. The van der Waals surface area contributed by atoms with E-state index in [9.17, 15) is 14.7 Å². The Labute approximate surface area is 134 Å². The molecule has 0 radical (unpaired) electrons.